The third kappa shape index (κ3) is 4.73. The van der Waals surface area contributed by atoms with Crippen LogP contribution in [0.4, 0.5) is 5.69 Å². The molecule has 1 saturated heterocycles. The largest absolute Gasteiger partial charge is 0.376 e. The molecule has 8 heteroatoms. The Bertz CT molecular complexity index is 1100. The molecule has 1 fully saturated rings. The van der Waals surface area contributed by atoms with E-state index in [4.69, 9.17) is 5.26 Å². The number of benzene rings is 2. The summed E-state index contributed by atoms with van der Waals surface area (Å²) in [7, 11) is -3.55. The molecule has 1 amide bonds. The van der Waals surface area contributed by atoms with Gasteiger partial charge in [-0.2, -0.15) is 9.57 Å². The molecule has 0 saturated carbocycles. The molecule has 1 aliphatic heterocycles. The lowest BCUT2D eigenvalue weighted by atomic mass is 9.92. The molecule has 2 aromatic rings. The van der Waals surface area contributed by atoms with E-state index in [9.17, 15) is 13.2 Å². The summed E-state index contributed by atoms with van der Waals surface area (Å²) in [4.78, 5) is 14.6. The molecule has 0 aromatic heterocycles. The predicted octanol–water partition coefficient (Wildman–Crippen LogP) is 2.38. The second kappa shape index (κ2) is 9.08. The average Bonchev–Trinajstić information content (AvgIpc) is 2.82. The number of nitriles is 1. The fourth-order valence-corrected chi connectivity index (χ4v) is 5.62. The molecule has 162 valence electrons. The molecule has 4 rings (SSSR count). The molecule has 1 N–H and O–H groups in total. The van der Waals surface area contributed by atoms with Crippen LogP contribution < -0.4 is 5.32 Å². The van der Waals surface area contributed by atoms with Gasteiger partial charge in [0.15, 0.2) is 0 Å². The molecule has 2 aromatic carbocycles. The first-order valence-corrected chi connectivity index (χ1v) is 12.0. The number of anilines is 1. The zero-order valence-electron chi connectivity index (χ0n) is 17.4. The first kappa shape index (κ1) is 21.3. The van der Waals surface area contributed by atoms with Gasteiger partial charge in [0, 0.05) is 31.9 Å². The highest BCUT2D eigenvalue weighted by molar-refractivity contribution is 7.89. The average molecular weight is 439 g/mol. The van der Waals surface area contributed by atoms with Crippen molar-refractivity contribution in [2.45, 2.75) is 30.6 Å². The maximum Gasteiger partial charge on any atom is 0.243 e. The summed E-state index contributed by atoms with van der Waals surface area (Å²) in [5.74, 6) is -0.0739. The van der Waals surface area contributed by atoms with E-state index in [0.717, 1.165) is 36.9 Å². The number of nitrogens with one attached hydrogen (secondary N) is 1. The molecule has 0 atom stereocenters. The number of sulfonamides is 1. The van der Waals surface area contributed by atoms with Crippen LogP contribution in [-0.4, -0.2) is 56.3 Å². The summed E-state index contributed by atoms with van der Waals surface area (Å²) in [6.07, 6.45) is 4.23. The van der Waals surface area contributed by atoms with Crippen molar-refractivity contribution in [3.8, 4) is 6.07 Å². The topological polar surface area (TPSA) is 93.5 Å². The van der Waals surface area contributed by atoms with Crippen molar-refractivity contribution in [2.75, 3.05) is 38.0 Å². The molecular weight excluding hydrogens is 412 g/mol. The number of hydrogen-bond donors (Lipinski definition) is 1. The smallest absolute Gasteiger partial charge is 0.243 e. The van der Waals surface area contributed by atoms with Gasteiger partial charge in [-0.05, 0) is 73.2 Å². The molecular formula is C23H26N4O3S. The first-order chi connectivity index (χ1) is 15.0. The standard InChI is InChI=1S/C23H26N4O3S/c24-16-18-5-8-21(9-6-18)25-17-23(28)26-11-13-27(14-12-26)31(29,30)22-10-7-19-3-1-2-4-20(19)15-22/h5-10,15,25H,1-4,11-14,17H2. The normalized spacial score (nSPS) is 16.9. The fourth-order valence-electron chi connectivity index (χ4n) is 4.15. The van der Waals surface area contributed by atoms with Crippen LogP contribution in [0.3, 0.4) is 0 Å². The van der Waals surface area contributed by atoms with Crippen LogP contribution in [0.15, 0.2) is 47.4 Å². The van der Waals surface area contributed by atoms with Gasteiger partial charge in [0.25, 0.3) is 0 Å². The molecule has 1 aliphatic carbocycles. The van der Waals surface area contributed by atoms with E-state index in [1.54, 1.807) is 35.2 Å². The Hall–Kier alpha value is -2.89. The van der Waals surface area contributed by atoms with E-state index in [1.807, 2.05) is 12.1 Å². The quantitative estimate of drug-likeness (QED) is 0.774. The number of aryl methyl sites for hydroxylation is 2. The molecule has 1 heterocycles. The van der Waals surface area contributed by atoms with Gasteiger partial charge in [-0.1, -0.05) is 6.07 Å². The van der Waals surface area contributed by atoms with Crippen molar-refractivity contribution < 1.29 is 13.2 Å². The van der Waals surface area contributed by atoms with E-state index in [0.29, 0.717) is 36.6 Å². The van der Waals surface area contributed by atoms with Gasteiger partial charge in [-0.15, -0.1) is 0 Å². The van der Waals surface area contributed by atoms with Crippen LogP contribution in [0.25, 0.3) is 0 Å². The van der Waals surface area contributed by atoms with Crippen molar-refractivity contribution in [1.29, 1.82) is 5.26 Å². The zero-order valence-corrected chi connectivity index (χ0v) is 18.2. The van der Waals surface area contributed by atoms with Crippen molar-refractivity contribution in [3.63, 3.8) is 0 Å². The fraction of sp³-hybridized carbons (Fsp3) is 0.391. The first-order valence-electron chi connectivity index (χ1n) is 10.6. The Balaban J connectivity index is 1.33. The highest BCUT2D eigenvalue weighted by atomic mass is 32.2. The summed E-state index contributed by atoms with van der Waals surface area (Å²) < 4.78 is 27.7. The van der Waals surface area contributed by atoms with E-state index in [2.05, 4.69) is 11.4 Å². The van der Waals surface area contributed by atoms with Crippen LogP contribution >= 0.6 is 0 Å². The van der Waals surface area contributed by atoms with Crippen molar-refractivity contribution >= 4 is 21.6 Å². The number of nitrogens with zero attached hydrogens (tertiary/aromatic N) is 3. The van der Waals surface area contributed by atoms with Gasteiger partial charge < -0.3 is 10.2 Å². The minimum absolute atomic E-state index is 0.0739. The van der Waals surface area contributed by atoms with Gasteiger partial charge in [0.2, 0.25) is 15.9 Å². The van der Waals surface area contributed by atoms with Crippen LogP contribution in [0.5, 0.6) is 0 Å². The Kier molecular flexibility index (Phi) is 6.25. The molecule has 2 aliphatic rings. The highest BCUT2D eigenvalue weighted by Gasteiger charge is 2.30. The van der Waals surface area contributed by atoms with Gasteiger partial charge in [0.1, 0.15) is 0 Å². The van der Waals surface area contributed by atoms with Gasteiger partial charge >= 0.3 is 0 Å². The second-order valence-electron chi connectivity index (χ2n) is 7.97. The van der Waals surface area contributed by atoms with Gasteiger partial charge in [-0.3, -0.25) is 4.79 Å². The SMILES string of the molecule is N#Cc1ccc(NCC(=O)N2CCN(S(=O)(=O)c3ccc4c(c3)CCCC4)CC2)cc1. The maximum atomic E-state index is 13.1. The summed E-state index contributed by atoms with van der Waals surface area (Å²) in [5, 5.41) is 11.9. The molecule has 7 nitrogen and oxygen atoms in total. The number of fused-ring (bicyclic) bond motifs is 1. The van der Waals surface area contributed by atoms with Gasteiger partial charge in [-0.25, -0.2) is 8.42 Å². The van der Waals surface area contributed by atoms with E-state index < -0.39 is 10.0 Å². The number of piperazine rings is 1. The van der Waals surface area contributed by atoms with Crippen LogP contribution in [-0.2, 0) is 27.7 Å². The molecule has 0 unspecified atom stereocenters. The third-order valence-corrected chi connectivity index (χ3v) is 7.90. The lowest BCUT2D eigenvalue weighted by Crippen LogP contribution is -2.51. The van der Waals surface area contributed by atoms with E-state index in [1.165, 1.54) is 9.87 Å². The summed E-state index contributed by atoms with van der Waals surface area (Å²) >= 11 is 0. The highest BCUT2D eigenvalue weighted by Crippen LogP contribution is 2.26. The Morgan fingerprint density at radius 1 is 0.968 bits per heavy atom. The Morgan fingerprint density at radius 2 is 1.65 bits per heavy atom. The van der Waals surface area contributed by atoms with Crippen LogP contribution in [0.2, 0.25) is 0 Å². The predicted molar refractivity (Wildman–Crippen MR) is 118 cm³/mol. The number of amides is 1. The van der Waals surface area contributed by atoms with Crippen LogP contribution in [0.1, 0.15) is 29.5 Å². The minimum atomic E-state index is -3.55. The van der Waals surface area contributed by atoms with E-state index >= 15 is 0 Å². The van der Waals surface area contributed by atoms with E-state index in [-0.39, 0.29) is 12.5 Å². The van der Waals surface area contributed by atoms with Gasteiger partial charge in [0.05, 0.1) is 23.1 Å². The number of rotatable bonds is 5. The molecule has 31 heavy (non-hydrogen) atoms. The molecule has 0 bridgehead atoms. The second-order valence-corrected chi connectivity index (χ2v) is 9.90. The zero-order chi connectivity index (χ0) is 21.8. The van der Waals surface area contributed by atoms with Crippen LogP contribution in [0, 0.1) is 11.3 Å². The number of hydrogen-bond acceptors (Lipinski definition) is 5. The summed E-state index contributed by atoms with van der Waals surface area (Å²) in [6, 6.07) is 14.5. The molecule has 0 radical (unpaired) electrons. The lowest BCUT2D eigenvalue weighted by molar-refractivity contribution is -0.130. The number of carbonyl (C=O) groups is 1. The number of carbonyl (C=O) groups excluding carboxylic acids is 1. The summed E-state index contributed by atoms with van der Waals surface area (Å²) in [6.45, 7) is 1.46. The molecule has 0 spiro atoms. The monoisotopic (exact) mass is 438 g/mol. The summed E-state index contributed by atoms with van der Waals surface area (Å²) in [5.41, 5.74) is 3.74. The van der Waals surface area contributed by atoms with Crippen molar-refractivity contribution in [1.82, 2.24) is 9.21 Å². The van der Waals surface area contributed by atoms with Crippen molar-refractivity contribution in [2.24, 2.45) is 0 Å². The maximum absolute atomic E-state index is 13.1. The Labute approximate surface area is 183 Å². The lowest BCUT2D eigenvalue weighted by Gasteiger charge is -2.34. The third-order valence-electron chi connectivity index (χ3n) is 6.01. The van der Waals surface area contributed by atoms with Crippen molar-refractivity contribution in [3.05, 3.63) is 59.2 Å². The Morgan fingerprint density at radius 3 is 2.32 bits per heavy atom. The minimum Gasteiger partial charge on any atom is -0.376 e.